The molecule has 2 atom stereocenters. The highest BCUT2D eigenvalue weighted by Gasteiger charge is 2.40. The number of allylic oxidation sites excluding steroid dienone is 10. The molecule has 2 unspecified atom stereocenters. The van der Waals surface area contributed by atoms with Crippen LogP contribution in [0.3, 0.4) is 0 Å². The first kappa shape index (κ1) is 40.6. The van der Waals surface area contributed by atoms with Crippen molar-refractivity contribution in [3.05, 3.63) is 60.8 Å². The standard InChI is InChI=1S/C41H72O3/c1-3-5-7-9-11-13-15-17-19-21-23-25-27-29-31-33-36-41(43-39-40(44-41)35-38-42)37-34-32-30-28-26-24-22-20-18-16-14-12-10-8-6-4-2/h11,13,17-20,23-26,40,42H,3-10,12,14-16,21-22,27-39H2,1-2H3/b13-11-,19-17-,20-18-,25-23-,26-24-. The predicted molar refractivity (Wildman–Crippen MR) is 193 cm³/mol. The molecule has 0 saturated carbocycles. The molecule has 3 heteroatoms. The summed E-state index contributed by atoms with van der Waals surface area (Å²) in [6.07, 6.45) is 53.1. The summed E-state index contributed by atoms with van der Waals surface area (Å²) in [7, 11) is 0. The number of aliphatic hydroxyl groups is 1. The van der Waals surface area contributed by atoms with E-state index in [-0.39, 0.29) is 12.7 Å². The van der Waals surface area contributed by atoms with Gasteiger partial charge in [-0.1, -0.05) is 132 Å². The van der Waals surface area contributed by atoms with Gasteiger partial charge in [-0.25, -0.2) is 0 Å². The highest BCUT2D eigenvalue weighted by Crippen LogP contribution is 2.35. The smallest absolute Gasteiger partial charge is 0.168 e. The first-order chi connectivity index (χ1) is 21.8. The summed E-state index contributed by atoms with van der Waals surface area (Å²) in [6, 6.07) is 0. The summed E-state index contributed by atoms with van der Waals surface area (Å²) in [5.74, 6) is -0.429. The molecule has 1 aliphatic rings. The second kappa shape index (κ2) is 31.6. The monoisotopic (exact) mass is 613 g/mol. The van der Waals surface area contributed by atoms with Crippen LogP contribution in [0.4, 0.5) is 0 Å². The Bertz CT molecular complexity index is 749. The van der Waals surface area contributed by atoms with Gasteiger partial charge in [0.15, 0.2) is 5.79 Å². The quantitative estimate of drug-likeness (QED) is 0.0625. The molecular formula is C41H72O3. The minimum Gasteiger partial charge on any atom is -0.396 e. The zero-order valence-electron chi connectivity index (χ0n) is 29.2. The maximum Gasteiger partial charge on any atom is 0.168 e. The van der Waals surface area contributed by atoms with E-state index in [1.165, 1.54) is 96.3 Å². The minimum absolute atomic E-state index is 0.0459. The van der Waals surface area contributed by atoms with Crippen LogP contribution in [0.1, 0.15) is 174 Å². The summed E-state index contributed by atoms with van der Waals surface area (Å²) in [6.45, 7) is 5.33. The van der Waals surface area contributed by atoms with E-state index in [0.29, 0.717) is 13.0 Å². The second-order valence-corrected chi connectivity index (χ2v) is 12.8. The Balaban J connectivity index is 2.14. The van der Waals surface area contributed by atoms with E-state index >= 15 is 0 Å². The fourth-order valence-corrected chi connectivity index (χ4v) is 5.80. The summed E-state index contributed by atoms with van der Waals surface area (Å²) in [5.41, 5.74) is 0. The summed E-state index contributed by atoms with van der Waals surface area (Å²) in [5, 5.41) is 9.39. The number of hydrogen-bond acceptors (Lipinski definition) is 3. The number of aliphatic hydroxyl groups excluding tert-OH is 1. The van der Waals surface area contributed by atoms with Crippen LogP contribution in [-0.4, -0.2) is 30.2 Å². The lowest BCUT2D eigenvalue weighted by Crippen LogP contribution is -2.31. The molecule has 3 nitrogen and oxygen atoms in total. The zero-order chi connectivity index (χ0) is 31.7. The van der Waals surface area contributed by atoms with Gasteiger partial charge in [-0.15, -0.1) is 0 Å². The van der Waals surface area contributed by atoms with E-state index in [4.69, 9.17) is 9.47 Å². The molecule has 0 spiro atoms. The lowest BCUT2D eigenvalue weighted by Gasteiger charge is -2.28. The van der Waals surface area contributed by atoms with Gasteiger partial charge in [0.05, 0.1) is 12.7 Å². The van der Waals surface area contributed by atoms with Crippen LogP contribution in [0.25, 0.3) is 0 Å². The largest absolute Gasteiger partial charge is 0.396 e. The minimum atomic E-state index is -0.429. The van der Waals surface area contributed by atoms with E-state index in [9.17, 15) is 5.11 Å². The molecule has 0 aromatic rings. The molecule has 0 aliphatic carbocycles. The average molecular weight is 613 g/mol. The Labute approximate surface area is 274 Å². The second-order valence-electron chi connectivity index (χ2n) is 12.8. The molecule has 1 aliphatic heterocycles. The van der Waals surface area contributed by atoms with Crippen molar-refractivity contribution < 1.29 is 14.6 Å². The van der Waals surface area contributed by atoms with Gasteiger partial charge < -0.3 is 14.6 Å². The van der Waals surface area contributed by atoms with Crippen molar-refractivity contribution in [2.75, 3.05) is 13.2 Å². The molecule has 1 fully saturated rings. The van der Waals surface area contributed by atoms with E-state index in [0.717, 1.165) is 57.8 Å². The molecule has 0 amide bonds. The number of hydrogen-bond donors (Lipinski definition) is 1. The van der Waals surface area contributed by atoms with Crippen LogP contribution >= 0.6 is 0 Å². The van der Waals surface area contributed by atoms with Crippen LogP contribution in [0.5, 0.6) is 0 Å². The maximum absolute atomic E-state index is 9.39. The first-order valence-corrected chi connectivity index (χ1v) is 18.9. The van der Waals surface area contributed by atoms with Crippen molar-refractivity contribution in [1.82, 2.24) is 0 Å². The van der Waals surface area contributed by atoms with Crippen LogP contribution in [0.2, 0.25) is 0 Å². The highest BCUT2D eigenvalue weighted by atomic mass is 16.7. The van der Waals surface area contributed by atoms with Gasteiger partial charge in [0.1, 0.15) is 0 Å². The zero-order valence-corrected chi connectivity index (χ0v) is 29.2. The van der Waals surface area contributed by atoms with Crippen molar-refractivity contribution in [2.45, 2.75) is 186 Å². The van der Waals surface area contributed by atoms with E-state index in [2.05, 4.69) is 74.6 Å². The molecule has 0 radical (unpaired) electrons. The van der Waals surface area contributed by atoms with Crippen molar-refractivity contribution >= 4 is 0 Å². The third-order valence-electron chi connectivity index (χ3n) is 8.57. The van der Waals surface area contributed by atoms with Gasteiger partial charge in [0, 0.05) is 19.4 Å². The van der Waals surface area contributed by atoms with E-state index in [1.807, 2.05) is 0 Å². The van der Waals surface area contributed by atoms with E-state index < -0.39 is 5.79 Å². The summed E-state index contributed by atoms with van der Waals surface area (Å²) in [4.78, 5) is 0. The van der Waals surface area contributed by atoms with Crippen LogP contribution in [0, 0.1) is 0 Å². The van der Waals surface area contributed by atoms with Gasteiger partial charge in [-0.2, -0.15) is 0 Å². The molecule has 0 aromatic heterocycles. The summed E-state index contributed by atoms with van der Waals surface area (Å²) >= 11 is 0. The lowest BCUT2D eigenvalue weighted by atomic mass is 9.99. The normalized spacial score (nSPS) is 19.4. The molecule has 1 N–H and O–H groups in total. The van der Waals surface area contributed by atoms with Gasteiger partial charge in [-0.05, 0) is 89.9 Å². The molecule has 0 bridgehead atoms. The molecular weight excluding hydrogens is 540 g/mol. The van der Waals surface area contributed by atoms with Crippen molar-refractivity contribution in [1.29, 1.82) is 0 Å². The maximum atomic E-state index is 9.39. The Morgan fingerprint density at radius 3 is 1.39 bits per heavy atom. The topological polar surface area (TPSA) is 38.7 Å². The Morgan fingerprint density at radius 1 is 0.523 bits per heavy atom. The first-order valence-electron chi connectivity index (χ1n) is 18.9. The van der Waals surface area contributed by atoms with Crippen molar-refractivity contribution in [2.24, 2.45) is 0 Å². The number of ether oxygens (including phenoxy) is 2. The van der Waals surface area contributed by atoms with Gasteiger partial charge in [-0.3, -0.25) is 0 Å². The summed E-state index contributed by atoms with van der Waals surface area (Å²) < 4.78 is 12.7. The predicted octanol–water partition coefficient (Wildman–Crippen LogP) is 12.7. The van der Waals surface area contributed by atoms with Crippen LogP contribution < -0.4 is 0 Å². The molecule has 0 aromatic carbocycles. The van der Waals surface area contributed by atoms with Gasteiger partial charge >= 0.3 is 0 Å². The fourth-order valence-electron chi connectivity index (χ4n) is 5.80. The third-order valence-corrected chi connectivity index (χ3v) is 8.57. The van der Waals surface area contributed by atoms with Crippen molar-refractivity contribution in [3.8, 4) is 0 Å². The Hall–Kier alpha value is -1.42. The molecule has 254 valence electrons. The fraction of sp³-hybridized carbons (Fsp3) is 0.756. The van der Waals surface area contributed by atoms with Crippen LogP contribution in [0.15, 0.2) is 60.8 Å². The SMILES string of the molecule is CCCCC/C=C\C/C=C\C/C=C\CCCCCC1(CCCCC/C=C\C/C=C\CCCCCCCC)OCC(CCO)O1. The number of rotatable bonds is 31. The molecule has 1 heterocycles. The van der Waals surface area contributed by atoms with Crippen molar-refractivity contribution in [3.63, 3.8) is 0 Å². The van der Waals surface area contributed by atoms with Gasteiger partial charge in [0.2, 0.25) is 0 Å². The molecule has 44 heavy (non-hydrogen) atoms. The highest BCUT2D eigenvalue weighted by molar-refractivity contribution is 4.97. The molecule has 1 saturated heterocycles. The Morgan fingerprint density at radius 2 is 0.909 bits per heavy atom. The molecule has 1 rings (SSSR count). The number of unbranched alkanes of at least 4 members (excludes halogenated alkanes) is 15. The van der Waals surface area contributed by atoms with Crippen LogP contribution in [-0.2, 0) is 9.47 Å². The third kappa shape index (κ3) is 24.8. The Kier molecular flexibility index (Phi) is 29.1. The van der Waals surface area contributed by atoms with E-state index in [1.54, 1.807) is 0 Å². The lowest BCUT2D eigenvalue weighted by molar-refractivity contribution is -0.180. The average Bonchev–Trinajstić information content (AvgIpc) is 3.43. The van der Waals surface area contributed by atoms with Gasteiger partial charge in [0.25, 0.3) is 0 Å².